The Morgan fingerprint density at radius 3 is 2.05 bits per heavy atom. The molecule has 0 spiro atoms. The fourth-order valence-corrected chi connectivity index (χ4v) is 2.39. The number of hydrogen-bond acceptors (Lipinski definition) is 2. The third-order valence-corrected chi connectivity index (χ3v) is 3.72. The topological polar surface area (TPSA) is 15.3 Å². The van der Waals surface area contributed by atoms with Crippen molar-refractivity contribution in [2.45, 2.75) is 39.4 Å². The smallest absolute Gasteiger partial charge is 0.310 e. The first-order valence-electron chi connectivity index (χ1n) is 7.55. The first-order chi connectivity index (χ1) is 9.92. The maximum absolute atomic E-state index is 12.6. The highest BCUT2D eigenvalue weighted by Gasteiger charge is 2.30. The minimum atomic E-state index is -4.27. The van der Waals surface area contributed by atoms with Crippen molar-refractivity contribution in [3.63, 3.8) is 0 Å². The number of rotatable bonds is 8. The summed E-state index contributed by atoms with van der Waals surface area (Å²) < 4.78 is 37.8. The molecule has 120 valence electrons. The second kappa shape index (κ2) is 8.39. The van der Waals surface area contributed by atoms with Crippen molar-refractivity contribution in [1.29, 1.82) is 0 Å². The van der Waals surface area contributed by atoms with Crippen molar-refractivity contribution in [2.75, 3.05) is 26.2 Å². The zero-order valence-electron chi connectivity index (χ0n) is 13.0. The Morgan fingerprint density at radius 2 is 1.62 bits per heavy atom. The van der Waals surface area contributed by atoms with Crippen LogP contribution in [-0.4, -0.2) is 31.1 Å². The summed E-state index contributed by atoms with van der Waals surface area (Å²) in [5.74, 6) is 0. The van der Waals surface area contributed by atoms with Gasteiger partial charge in [0.15, 0.2) is 0 Å². The average Bonchev–Trinajstić information content (AvgIpc) is 2.46. The van der Waals surface area contributed by atoms with Gasteiger partial charge < -0.3 is 10.2 Å². The molecule has 1 aromatic rings. The Bertz CT molecular complexity index is 397. The predicted octanol–water partition coefficient (Wildman–Crippen LogP) is 4.09. The second-order valence-electron chi connectivity index (χ2n) is 5.05. The van der Waals surface area contributed by atoms with E-state index >= 15 is 0 Å². The molecular formula is C16H25F3N2. The van der Waals surface area contributed by atoms with E-state index in [0.29, 0.717) is 0 Å². The number of nitrogens with one attached hydrogen (secondary N) is 1. The van der Waals surface area contributed by atoms with Gasteiger partial charge in [-0.05, 0) is 50.3 Å². The molecule has 0 aliphatic carbocycles. The third-order valence-electron chi connectivity index (χ3n) is 3.72. The molecule has 1 unspecified atom stereocenters. The van der Waals surface area contributed by atoms with Gasteiger partial charge in [0.25, 0.3) is 0 Å². The quantitative estimate of drug-likeness (QED) is 0.778. The number of halogens is 3. The van der Waals surface area contributed by atoms with E-state index in [4.69, 9.17) is 0 Å². The van der Waals surface area contributed by atoms with Crippen LogP contribution in [0.15, 0.2) is 24.3 Å². The van der Waals surface area contributed by atoms with E-state index in [1.165, 1.54) is 0 Å². The van der Waals surface area contributed by atoms with Crippen LogP contribution >= 0.6 is 0 Å². The van der Waals surface area contributed by atoms with Crippen LogP contribution in [0.4, 0.5) is 13.2 Å². The molecule has 1 atom stereocenters. The summed E-state index contributed by atoms with van der Waals surface area (Å²) in [6.45, 7) is 9.95. The van der Waals surface area contributed by atoms with Crippen LogP contribution in [0, 0.1) is 0 Å². The molecule has 0 fully saturated rings. The molecule has 1 aromatic carbocycles. The molecule has 21 heavy (non-hydrogen) atoms. The molecule has 0 radical (unpaired) electrons. The van der Waals surface area contributed by atoms with E-state index in [0.717, 1.165) is 50.3 Å². The molecule has 1 N–H and O–H groups in total. The van der Waals surface area contributed by atoms with Crippen LogP contribution in [-0.2, 0) is 6.18 Å². The molecule has 0 bridgehead atoms. The van der Waals surface area contributed by atoms with Crippen LogP contribution in [0.3, 0.4) is 0 Å². The molecule has 5 heteroatoms. The number of alkyl halides is 3. The van der Waals surface area contributed by atoms with Gasteiger partial charge >= 0.3 is 6.18 Å². The Balaban J connectivity index is 2.76. The van der Waals surface area contributed by atoms with E-state index in [2.05, 4.69) is 24.1 Å². The number of benzene rings is 1. The Kier molecular flexibility index (Phi) is 7.18. The summed E-state index contributed by atoms with van der Waals surface area (Å²) in [7, 11) is 0. The first-order valence-corrected chi connectivity index (χ1v) is 7.55. The van der Waals surface area contributed by atoms with Gasteiger partial charge in [-0.2, -0.15) is 13.2 Å². The molecule has 0 aromatic heterocycles. The summed E-state index contributed by atoms with van der Waals surface area (Å²) in [6, 6.07) is 5.59. The summed E-state index contributed by atoms with van der Waals surface area (Å²) >= 11 is 0. The van der Waals surface area contributed by atoms with Crippen LogP contribution < -0.4 is 5.32 Å². The third kappa shape index (κ3) is 5.67. The second-order valence-corrected chi connectivity index (χ2v) is 5.05. The zero-order chi connectivity index (χ0) is 15.9. The van der Waals surface area contributed by atoms with Crippen molar-refractivity contribution in [3.05, 3.63) is 35.4 Å². The summed E-state index contributed by atoms with van der Waals surface area (Å²) in [6.07, 6.45) is -3.38. The number of nitrogens with zero attached hydrogens (tertiary/aromatic N) is 1. The van der Waals surface area contributed by atoms with Crippen molar-refractivity contribution in [3.8, 4) is 0 Å². The van der Waals surface area contributed by atoms with Gasteiger partial charge in [-0.1, -0.05) is 32.9 Å². The fraction of sp³-hybridized carbons (Fsp3) is 0.625. The van der Waals surface area contributed by atoms with Gasteiger partial charge in [-0.25, -0.2) is 0 Å². The largest absolute Gasteiger partial charge is 0.416 e. The van der Waals surface area contributed by atoms with Gasteiger partial charge in [0.05, 0.1) is 5.56 Å². The van der Waals surface area contributed by atoms with Crippen molar-refractivity contribution < 1.29 is 13.2 Å². The lowest BCUT2D eigenvalue weighted by atomic mass is 10.0. The predicted molar refractivity (Wildman–Crippen MR) is 80.3 cm³/mol. The summed E-state index contributed by atoms with van der Waals surface area (Å²) in [5.41, 5.74) is 0.322. The lowest BCUT2D eigenvalue weighted by Crippen LogP contribution is -2.29. The fourth-order valence-electron chi connectivity index (χ4n) is 2.39. The SMILES string of the molecule is CCNC(CCN(CC)CC)c1ccc(C(F)(F)F)cc1. The lowest BCUT2D eigenvalue weighted by Gasteiger charge is -2.24. The van der Waals surface area contributed by atoms with E-state index < -0.39 is 11.7 Å². The summed E-state index contributed by atoms with van der Waals surface area (Å²) in [5, 5.41) is 3.35. The molecule has 0 amide bonds. The Hall–Kier alpha value is -1.07. The summed E-state index contributed by atoms with van der Waals surface area (Å²) in [4.78, 5) is 2.31. The standard InChI is InChI=1S/C16H25F3N2/c1-4-20-15(11-12-21(5-2)6-3)13-7-9-14(10-8-13)16(17,18)19/h7-10,15,20H,4-6,11-12H2,1-3H3. The highest BCUT2D eigenvalue weighted by molar-refractivity contribution is 5.26. The van der Waals surface area contributed by atoms with Crippen LogP contribution in [0.1, 0.15) is 44.4 Å². The number of hydrogen-bond donors (Lipinski definition) is 1. The van der Waals surface area contributed by atoms with Gasteiger partial charge in [0.1, 0.15) is 0 Å². The molecule has 0 aliphatic rings. The monoisotopic (exact) mass is 302 g/mol. The molecule has 0 saturated heterocycles. The van der Waals surface area contributed by atoms with Crippen LogP contribution in [0.5, 0.6) is 0 Å². The minimum absolute atomic E-state index is 0.0953. The van der Waals surface area contributed by atoms with Gasteiger partial charge in [0, 0.05) is 6.04 Å². The molecule has 0 aliphatic heterocycles. The van der Waals surface area contributed by atoms with Gasteiger partial charge in [0.2, 0.25) is 0 Å². The highest BCUT2D eigenvalue weighted by Crippen LogP contribution is 2.30. The first kappa shape index (κ1) is 18.0. The van der Waals surface area contributed by atoms with Crippen molar-refractivity contribution >= 4 is 0 Å². The zero-order valence-corrected chi connectivity index (χ0v) is 13.0. The maximum Gasteiger partial charge on any atom is 0.416 e. The van der Waals surface area contributed by atoms with Gasteiger partial charge in [-0.15, -0.1) is 0 Å². The maximum atomic E-state index is 12.6. The van der Waals surface area contributed by atoms with E-state index in [9.17, 15) is 13.2 Å². The van der Waals surface area contributed by atoms with Crippen molar-refractivity contribution in [2.24, 2.45) is 0 Å². The van der Waals surface area contributed by atoms with Crippen LogP contribution in [0.2, 0.25) is 0 Å². The van der Waals surface area contributed by atoms with Crippen molar-refractivity contribution in [1.82, 2.24) is 10.2 Å². The van der Waals surface area contributed by atoms with E-state index in [-0.39, 0.29) is 6.04 Å². The normalized spacial score (nSPS) is 13.7. The lowest BCUT2D eigenvalue weighted by molar-refractivity contribution is -0.137. The van der Waals surface area contributed by atoms with Gasteiger partial charge in [-0.3, -0.25) is 0 Å². The minimum Gasteiger partial charge on any atom is -0.310 e. The molecule has 0 saturated carbocycles. The highest BCUT2D eigenvalue weighted by atomic mass is 19.4. The molecule has 1 rings (SSSR count). The Labute approximate surface area is 125 Å². The molecule has 0 heterocycles. The Morgan fingerprint density at radius 1 is 1.05 bits per heavy atom. The average molecular weight is 302 g/mol. The molecule has 2 nitrogen and oxygen atoms in total. The van der Waals surface area contributed by atoms with E-state index in [1.54, 1.807) is 12.1 Å². The van der Waals surface area contributed by atoms with E-state index in [1.807, 2.05) is 6.92 Å². The van der Waals surface area contributed by atoms with Crippen LogP contribution in [0.25, 0.3) is 0 Å². The molecular weight excluding hydrogens is 277 g/mol.